The number of rotatable bonds is 10. The molecule has 2 rings (SSSR count). The Balaban J connectivity index is 2.05. The maximum Gasteiger partial charge on any atom is 0.416 e. The van der Waals surface area contributed by atoms with Crippen molar-refractivity contribution in [1.82, 2.24) is 4.90 Å². The number of carbonyl (C=O) groups excluding carboxylic acids is 2. The van der Waals surface area contributed by atoms with Gasteiger partial charge in [0.05, 0.1) is 23.1 Å². The van der Waals surface area contributed by atoms with Crippen molar-refractivity contribution in [1.29, 1.82) is 5.41 Å². The fourth-order valence-corrected chi connectivity index (χ4v) is 3.64. The summed E-state index contributed by atoms with van der Waals surface area (Å²) < 4.78 is 38.1. The molecule has 9 heteroatoms. The zero-order chi connectivity index (χ0) is 26.6. The summed E-state index contributed by atoms with van der Waals surface area (Å²) in [7, 11) is 1.59. The second-order valence-corrected chi connectivity index (χ2v) is 8.99. The number of carbonyl (C=O) groups is 3. The minimum absolute atomic E-state index is 0.0431. The highest BCUT2D eigenvalue weighted by Crippen LogP contribution is 2.29. The van der Waals surface area contributed by atoms with Gasteiger partial charge in [-0.05, 0) is 49.1 Å². The van der Waals surface area contributed by atoms with E-state index < -0.39 is 40.5 Å². The highest BCUT2D eigenvalue weighted by Gasteiger charge is 2.37. The van der Waals surface area contributed by atoms with Crippen LogP contribution in [0.5, 0.6) is 0 Å². The van der Waals surface area contributed by atoms with Gasteiger partial charge >= 0.3 is 12.1 Å². The van der Waals surface area contributed by atoms with Gasteiger partial charge in [0.1, 0.15) is 5.92 Å². The van der Waals surface area contributed by atoms with Crippen LogP contribution in [0.4, 0.5) is 13.2 Å². The summed E-state index contributed by atoms with van der Waals surface area (Å²) >= 11 is 0. The molecule has 6 nitrogen and oxygen atoms in total. The molecule has 0 aliphatic rings. The van der Waals surface area contributed by atoms with Gasteiger partial charge in [-0.3, -0.25) is 14.4 Å². The maximum atomic E-state index is 12.9. The smallest absolute Gasteiger partial charge is 0.416 e. The summed E-state index contributed by atoms with van der Waals surface area (Å²) in [6, 6.07) is 11.4. The average molecular weight is 491 g/mol. The molecule has 2 aromatic carbocycles. The van der Waals surface area contributed by atoms with Crippen LogP contribution in [-0.2, 0) is 38.9 Å². The monoisotopic (exact) mass is 490 g/mol. The molecule has 0 saturated carbocycles. The third-order valence-electron chi connectivity index (χ3n) is 6.02. The lowest BCUT2D eigenvalue weighted by atomic mass is 9.76. The van der Waals surface area contributed by atoms with E-state index in [2.05, 4.69) is 0 Å². The quantitative estimate of drug-likeness (QED) is 0.464. The SMILES string of the molecule is CC[C@H](C(=N)C(=O)C(C)(C)c1ccc(CN(C)C(=O)Cc2ccc(C(F)(F)F)cc2)cc1)C(=O)O. The van der Waals surface area contributed by atoms with Crippen LogP contribution in [0.3, 0.4) is 0 Å². The summed E-state index contributed by atoms with van der Waals surface area (Å²) in [5.74, 6) is -3.20. The van der Waals surface area contributed by atoms with Crippen LogP contribution >= 0.6 is 0 Å². The first-order valence-electron chi connectivity index (χ1n) is 11.0. The molecule has 0 bridgehead atoms. The Labute approximate surface area is 202 Å². The molecule has 0 heterocycles. The number of ketones is 1. The second kappa shape index (κ2) is 10.8. The Morgan fingerprint density at radius 2 is 1.43 bits per heavy atom. The van der Waals surface area contributed by atoms with Crippen molar-refractivity contribution in [3.8, 4) is 0 Å². The summed E-state index contributed by atoms with van der Waals surface area (Å²) in [6.45, 7) is 5.12. The third-order valence-corrected chi connectivity index (χ3v) is 6.02. The van der Waals surface area contributed by atoms with E-state index in [1.165, 1.54) is 17.0 Å². The topological polar surface area (TPSA) is 98.5 Å². The first-order valence-corrected chi connectivity index (χ1v) is 11.0. The van der Waals surface area contributed by atoms with Crippen LogP contribution in [0, 0.1) is 11.3 Å². The molecule has 0 unspecified atom stereocenters. The molecule has 0 aliphatic carbocycles. The lowest BCUT2D eigenvalue weighted by molar-refractivity contribution is -0.140. The lowest BCUT2D eigenvalue weighted by Gasteiger charge is -2.26. The number of likely N-dealkylation sites (N-methyl/N-ethyl adjacent to an activating group) is 1. The number of nitrogens with zero attached hydrogens (tertiary/aromatic N) is 1. The third kappa shape index (κ3) is 6.77. The molecule has 0 aromatic heterocycles. The van der Waals surface area contributed by atoms with Gasteiger partial charge in [0.2, 0.25) is 5.91 Å². The Bertz CT molecular complexity index is 1090. The maximum absolute atomic E-state index is 12.9. The van der Waals surface area contributed by atoms with Crippen molar-refractivity contribution in [2.24, 2.45) is 5.92 Å². The van der Waals surface area contributed by atoms with E-state index in [1.54, 1.807) is 52.1 Å². The molecule has 188 valence electrons. The van der Waals surface area contributed by atoms with Crippen molar-refractivity contribution < 1.29 is 32.7 Å². The van der Waals surface area contributed by atoms with E-state index in [0.717, 1.165) is 17.7 Å². The largest absolute Gasteiger partial charge is 0.481 e. The number of aliphatic carboxylic acids is 1. The lowest BCUT2D eigenvalue weighted by Crippen LogP contribution is -2.40. The zero-order valence-electron chi connectivity index (χ0n) is 20.1. The minimum Gasteiger partial charge on any atom is -0.481 e. The molecule has 0 saturated heterocycles. The number of benzene rings is 2. The van der Waals surface area contributed by atoms with Crippen molar-refractivity contribution in [2.45, 2.75) is 51.7 Å². The Morgan fingerprint density at radius 1 is 0.943 bits per heavy atom. The molecule has 0 fully saturated rings. The highest BCUT2D eigenvalue weighted by molar-refractivity contribution is 6.45. The standard InChI is InChI=1S/C26H29F3N2O4/c1-5-20(24(34)35)22(30)23(33)25(2,3)18-10-8-17(9-11-18)15-31(4)21(32)14-16-6-12-19(13-7-16)26(27,28)29/h6-13,20,30H,5,14-15H2,1-4H3,(H,34,35)/t20-/m1/s1. The molecule has 1 amide bonds. The molecule has 2 N–H and O–H groups in total. The first-order chi connectivity index (χ1) is 16.2. The second-order valence-electron chi connectivity index (χ2n) is 8.99. The summed E-state index contributed by atoms with van der Waals surface area (Å²) in [5.41, 5.74) is -0.473. The van der Waals surface area contributed by atoms with Gasteiger partial charge in [-0.2, -0.15) is 13.2 Å². The molecular formula is C26H29F3N2O4. The Morgan fingerprint density at radius 3 is 1.89 bits per heavy atom. The molecule has 2 aromatic rings. The van der Waals surface area contributed by atoms with E-state index >= 15 is 0 Å². The van der Waals surface area contributed by atoms with Gasteiger partial charge in [-0.15, -0.1) is 0 Å². The van der Waals surface area contributed by atoms with Gasteiger partial charge in [-0.1, -0.05) is 43.3 Å². The molecular weight excluding hydrogens is 461 g/mol. The fraction of sp³-hybridized carbons (Fsp3) is 0.385. The van der Waals surface area contributed by atoms with E-state index in [4.69, 9.17) is 5.41 Å². The molecule has 35 heavy (non-hydrogen) atoms. The van der Waals surface area contributed by atoms with Crippen LogP contribution in [0.15, 0.2) is 48.5 Å². The van der Waals surface area contributed by atoms with Gasteiger partial charge in [-0.25, -0.2) is 0 Å². The normalized spacial score (nSPS) is 12.7. The predicted molar refractivity (Wildman–Crippen MR) is 125 cm³/mol. The van der Waals surface area contributed by atoms with Crippen LogP contribution in [0.1, 0.15) is 49.4 Å². The van der Waals surface area contributed by atoms with E-state index in [-0.39, 0.29) is 25.3 Å². The molecule has 0 radical (unpaired) electrons. The number of alkyl halides is 3. The number of carboxylic acids is 1. The minimum atomic E-state index is -4.43. The van der Waals surface area contributed by atoms with E-state index in [0.29, 0.717) is 11.1 Å². The summed E-state index contributed by atoms with van der Waals surface area (Å²) in [5, 5.41) is 17.3. The predicted octanol–water partition coefficient (Wildman–Crippen LogP) is 4.88. The number of hydrogen-bond acceptors (Lipinski definition) is 4. The summed E-state index contributed by atoms with van der Waals surface area (Å²) in [6.07, 6.45) is -4.33. The number of hydrogen-bond donors (Lipinski definition) is 2. The Kier molecular flexibility index (Phi) is 8.59. The molecule has 0 aliphatic heterocycles. The van der Waals surface area contributed by atoms with Gasteiger partial charge in [0, 0.05) is 13.6 Å². The van der Waals surface area contributed by atoms with Crippen molar-refractivity contribution >= 4 is 23.4 Å². The highest BCUT2D eigenvalue weighted by atomic mass is 19.4. The average Bonchev–Trinajstić information content (AvgIpc) is 2.78. The van der Waals surface area contributed by atoms with Gasteiger partial charge in [0.15, 0.2) is 5.78 Å². The summed E-state index contributed by atoms with van der Waals surface area (Å²) in [4.78, 5) is 38.2. The van der Waals surface area contributed by atoms with Crippen LogP contribution < -0.4 is 0 Å². The van der Waals surface area contributed by atoms with Crippen molar-refractivity contribution in [2.75, 3.05) is 7.05 Å². The van der Waals surface area contributed by atoms with E-state index in [1.807, 2.05) is 0 Å². The number of amides is 1. The number of carboxylic acid groups (broad SMARTS) is 1. The fourth-order valence-electron chi connectivity index (χ4n) is 3.64. The Hall–Kier alpha value is -3.49. The molecule has 0 spiro atoms. The van der Waals surface area contributed by atoms with Crippen molar-refractivity contribution in [3.63, 3.8) is 0 Å². The first kappa shape index (κ1) is 27.8. The van der Waals surface area contributed by atoms with Gasteiger partial charge < -0.3 is 15.4 Å². The number of nitrogens with one attached hydrogen (secondary N) is 1. The molecule has 1 atom stereocenters. The van der Waals surface area contributed by atoms with E-state index in [9.17, 15) is 32.7 Å². The van der Waals surface area contributed by atoms with Gasteiger partial charge in [0.25, 0.3) is 0 Å². The van der Waals surface area contributed by atoms with Crippen molar-refractivity contribution in [3.05, 3.63) is 70.8 Å². The number of Topliss-reactive ketones (excluding diaryl/α,β-unsaturated/α-hetero) is 1. The number of halogens is 3. The van der Waals surface area contributed by atoms with Crippen LogP contribution in [-0.4, -0.2) is 40.4 Å². The zero-order valence-corrected chi connectivity index (χ0v) is 20.1. The van der Waals surface area contributed by atoms with Crippen LogP contribution in [0.25, 0.3) is 0 Å². The van der Waals surface area contributed by atoms with Crippen LogP contribution in [0.2, 0.25) is 0 Å².